The van der Waals surface area contributed by atoms with E-state index in [0.29, 0.717) is 16.4 Å². The summed E-state index contributed by atoms with van der Waals surface area (Å²) in [5.74, 6) is -0.249. The van der Waals surface area contributed by atoms with Crippen molar-refractivity contribution in [2.45, 2.75) is 0 Å². The summed E-state index contributed by atoms with van der Waals surface area (Å²) < 4.78 is 2.43. The van der Waals surface area contributed by atoms with Gasteiger partial charge in [0.2, 0.25) is 0 Å². The Morgan fingerprint density at radius 1 is 1.29 bits per heavy atom. The van der Waals surface area contributed by atoms with Gasteiger partial charge in [-0.2, -0.15) is 5.10 Å². The number of para-hydroxylation sites is 1. The molecule has 2 aromatic carbocycles. The molecule has 1 aromatic heterocycles. The predicted octanol–water partition coefficient (Wildman–Crippen LogP) is 4.24. The maximum absolute atomic E-state index is 12.4. The fraction of sp³-hybridized carbons (Fsp3) is 0.0667. The molecule has 0 aliphatic carbocycles. The summed E-state index contributed by atoms with van der Waals surface area (Å²) in [6, 6.07) is 12.8. The summed E-state index contributed by atoms with van der Waals surface area (Å²) in [6.45, 7) is 0. The third kappa shape index (κ3) is 2.66. The maximum Gasteiger partial charge on any atom is 0.276 e. The van der Waals surface area contributed by atoms with Crippen molar-refractivity contribution in [1.82, 2.24) is 9.78 Å². The number of carbonyl (C=O) groups excluding carboxylic acids is 1. The Morgan fingerprint density at radius 3 is 2.81 bits per heavy atom. The summed E-state index contributed by atoms with van der Waals surface area (Å²) >= 11 is 9.27. The number of carbonyl (C=O) groups is 1. The predicted molar refractivity (Wildman–Crippen MR) is 87.8 cm³/mol. The smallest absolute Gasteiger partial charge is 0.276 e. The first-order chi connectivity index (χ1) is 10.1. The van der Waals surface area contributed by atoms with Gasteiger partial charge < -0.3 is 5.32 Å². The van der Waals surface area contributed by atoms with E-state index < -0.39 is 0 Å². The molecular weight excluding hydrogens is 354 g/mol. The van der Waals surface area contributed by atoms with E-state index in [1.54, 1.807) is 22.9 Å². The minimum Gasteiger partial charge on any atom is -0.321 e. The minimum absolute atomic E-state index is 0.249. The average molecular weight is 365 g/mol. The highest BCUT2D eigenvalue weighted by Gasteiger charge is 2.16. The van der Waals surface area contributed by atoms with Crippen LogP contribution in [0.25, 0.3) is 10.9 Å². The Bertz CT molecular complexity index is 844. The van der Waals surface area contributed by atoms with E-state index in [4.69, 9.17) is 11.6 Å². The van der Waals surface area contributed by atoms with Gasteiger partial charge in [0.1, 0.15) is 0 Å². The Balaban J connectivity index is 1.95. The molecule has 1 N–H and O–H groups in total. The summed E-state index contributed by atoms with van der Waals surface area (Å²) in [7, 11) is 1.82. The molecule has 0 saturated carbocycles. The molecule has 0 fully saturated rings. The number of aryl methyl sites for hydroxylation is 1. The van der Waals surface area contributed by atoms with Crippen LogP contribution in [0.5, 0.6) is 0 Å². The van der Waals surface area contributed by atoms with Crippen LogP contribution in [-0.2, 0) is 7.05 Å². The van der Waals surface area contributed by atoms with Crippen molar-refractivity contribution in [1.29, 1.82) is 0 Å². The fourth-order valence-electron chi connectivity index (χ4n) is 2.15. The van der Waals surface area contributed by atoms with Gasteiger partial charge in [-0.05, 0) is 40.2 Å². The summed E-state index contributed by atoms with van der Waals surface area (Å²) in [4.78, 5) is 12.4. The molecule has 4 nitrogen and oxygen atoms in total. The van der Waals surface area contributed by atoms with Crippen LogP contribution in [0, 0.1) is 0 Å². The van der Waals surface area contributed by atoms with Crippen molar-refractivity contribution in [3.8, 4) is 0 Å². The van der Waals surface area contributed by atoms with Crippen molar-refractivity contribution in [2.24, 2.45) is 7.05 Å². The Kier molecular flexibility index (Phi) is 3.69. The second-order valence-corrected chi connectivity index (χ2v) is 5.83. The highest BCUT2D eigenvalue weighted by Crippen LogP contribution is 2.26. The van der Waals surface area contributed by atoms with Crippen molar-refractivity contribution < 1.29 is 4.79 Å². The number of hydrogen-bond acceptors (Lipinski definition) is 2. The lowest BCUT2D eigenvalue weighted by Gasteiger charge is -2.05. The van der Waals surface area contributed by atoms with Gasteiger partial charge in [0.05, 0.1) is 10.5 Å². The van der Waals surface area contributed by atoms with Gasteiger partial charge in [-0.3, -0.25) is 9.48 Å². The van der Waals surface area contributed by atoms with Gasteiger partial charge in [-0.25, -0.2) is 0 Å². The Labute approximate surface area is 134 Å². The van der Waals surface area contributed by atoms with Gasteiger partial charge in [-0.1, -0.05) is 29.8 Å². The Morgan fingerprint density at radius 2 is 2.05 bits per heavy atom. The lowest BCUT2D eigenvalue weighted by atomic mass is 10.2. The molecule has 0 aliphatic heterocycles. The van der Waals surface area contributed by atoms with Crippen molar-refractivity contribution in [3.05, 3.63) is 57.7 Å². The van der Waals surface area contributed by atoms with Crippen molar-refractivity contribution in [2.75, 3.05) is 5.32 Å². The number of rotatable bonds is 2. The molecule has 0 bridgehead atoms. The van der Waals surface area contributed by atoms with Gasteiger partial charge in [0.15, 0.2) is 5.69 Å². The molecule has 0 unspecified atom stereocenters. The first-order valence-electron chi connectivity index (χ1n) is 6.24. The molecule has 1 heterocycles. The van der Waals surface area contributed by atoms with Crippen LogP contribution in [0.4, 0.5) is 5.69 Å². The minimum atomic E-state index is -0.249. The molecule has 106 valence electrons. The molecule has 0 spiro atoms. The molecule has 0 aliphatic rings. The quantitative estimate of drug-likeness (QED) is 0.739. The SMILES string of the molecule is Cn1nc(C(=O)Nc2ccc(Cl)c(Br)c2)c2ccccc21. The van der Waals surface area contributed by atoms with Crippen LogP contribution >= 0.6 is 27.5 Å². The normalized spacial score (nSPS) is 10.8. The van der Waals surface area contributed by atoms with E-state index in [0.717, 1.165) is 15.4 Å². The van der Waals surface area contributed by atoms with Crippen LogP contribution in [0.1, 0.15) is 10.5 Å². The first kappa shape index (κ1) is 14.1. The summed E-state index contributed by atoms with van der Waals surface area (Å²) in [6.07, 6.45) is 0. The monoisotopic (exact) mass is 363 g/mol. The molecule has 3 aromatic rings. The van der Waals surface area contributed by atoms with Crippen molar-refractivity contribution in [3.63, 3.8) is 0 Å². The number of fused-ring (bicyclic) bond motifs is 1. The number of benzene rings is 2. The van der Waals surface area contributed by atoms with Gasteiger partial charge in [0, 0.05) is 22.6 Å². The molecular formula is C15H11BrClN3O. The zero-order chi connectivity index (χ0) is 15.0. The molecule has 3 rings (SSSR count). The second kappa shape index (κ2) is 5.50. The van der Waals surface area contributed by atoms with Crippen LogP contribution in [0.15, 0.2) is 46.9 Å². The lowest BCUT2D eigenvalue weighted by Crippen LogP contribution is -2.13. The Hall–Kier alpha value is -1.85. The zero-order valence-electron chi connectivity index (χ0n) is 11.1. The highest BCUT2D eigenvalue weighted by atomic mass is 79.9. The number of aromatic nitrogens is 2. The van der Waals surface area contributed by atoms with E-state index in [9.17, 15) is 4.79 Å². The van der Waals surface area contributed by atoms with E-state index in [1.165, 1.54) is 0 Å². The van der Waals surface area contributed by atoms with Gasteiger partial charge in [0.25, 0.3) is 5.91 Å². The molecule has 21 heavy (non-hydrogen) atoms. The van der Waals surface area contributed by atoms with Gasteiger partial charge in [-0.15, -0.1) is 0 Å². The molecule has 0 radical (unpaired) electrons. The third-order valence-electron chi connectivity index (χ3n) is 3.15. The number of halogens is 2. The summed E-state index contributed by atoms with van der Waals surface area (Å²) in [5, 5.41) is 8.54. The largest absolute Gasteiger partial charge is 0.321 e. The van der Waals surface area contributed by atoms with Crippen LogP contribution in [-0.4, -0.2) is 15.7 Å². The van der Waals surface area contributed by atoms with E-state index in [-0.39, 0.29) is 5.91 Å². The van der Waals surface area contributed by atoms with Gasteiger partial charge >= 0.3 is 0 Å². The molecule has 0 saturated heterocycles. The number of amides is 1. The topological polar surface area (TPSA) is 46.9 Å². The second-order valence-electron chi connectivity index (χ2n) is 4.57. The first-order valence-corrected chi connectivity index (χ1v) is 7.41. The number of hydrogen-bond donors (Lipinski definition) is 1. The number of nitrogens with one attached hydrogen (secondary N) is 1. The average Bonchev–Trinajstić information content (AvgIpc) is 2.81. The number of nitrogens with zero attached hydrogens (tertiary/aromatic N) is 2. The number of anilines is 1. The van der Waals surface area contributed by atoms with E-state index in [2.05, 4.69) is 26.3 Å². The van der Waals surface area contributed by atoms with Crippen LogP contribution in [0.2, 0.25) is 5.02 Å². The van der Waals surface area contributed by atoms with E-state index in [1.807, 2.05) is 31.3 Å². The van der Waals surface area contributed by atoms with Crippen molar-refractivity contribution >= 4 is 50.0 Å². The molecule has 0 atom stereocenters. The lowest BCUT2D eigenvalue weighted by molar-refractivity contribution is 0.102. The molecule has 6 heteroatoms. The standard InChI is InChI=1S/C15H11BrClN3O/c1-20-13-5-3-2-4-10(13)14(19-20)15(21)18-9-6-7-12(17)11(16)8-9/h2-8H,1H3,(H,18,21). The fourth-order valence-corrected chi connectivity index (χ4v) is 2.64. The maximum atomic E-state index is 12.4. The highest BCUT2D eigenvalue weighted by molar-refractivity contribution is 9.10. The van der Waals surface area contributed by atoms with Crippen LogP contribution in [0.3, 0.4) is 0 Å². The third-order valence-corrected chi connectivity index (χ3v) is 4.36. The zero-order valence-corrected chi connectivity index (χ0v) is 13.4. The van der Waals surface area contributed by atoms with E-state index >= 15 is 0 Å². The summed E-state index contributed by atoms with van der Waals surface area (Å²) in [5.41, 5.74) is 1.98. The van der Waals surface area contributed by atoms with Crippen LogP contribution < -0.4 is 5.32 Å². The molecule has 1 amide bonds.